The van der Waals surface area contributed by atoms with Crippen LogP contribution in [0.1, 0.15) is 13.4 Å². The van der Waals surface area contributed by atoms with Gasteiger partial charge in [0.2, 0.25) is 5.91 Å². The highest BCUT2D eigenvalue weighted by Gasteiger charge is 2.22. The lowest BCUT2D eigenvalue weighted by molar-refractivity contribution is -0.131. The van der Waals surface area contributed by atoms with Crippen LogP contribution in [0.5, 0.6) is 5.75 Å². The van der Waals surface area contributed by atoms with Crippen LogP contribution in [0, 0.1) is 11.6 Å². The second-order valence-electron chi connectivity index (χ2n) is 7.17. The summed E-state index contributed by atoms with van der Waals surface area (Å²) in [4.78, 5) is 41.6. The number of amides is 1. The molecular weight excluding hydrogens is 408 g/mol. The summed E-state index contributed by atoms with van der Waals surface area (Å²) in [5.74, 6) is -2.32. The Morgan fingerprint density at radius 1 is 1.16 bits per heavy atom. The minimum absolute atomic E-state index is 0. The number of nitrogens with zero attached hydrogens (tertiary/aromatic N) is 2. The molecule has 2 heterocycles. The third kappa shape index (κ3) is 3.86. The van der Waals surface area contributed by atoms with Gasteiger partial charge in [0.05, 0.1) is 12.6 Å². The van der Waals surface area contributed by atoms with Gasteiger partial charge in [-0.15, -0.1) is 0 Å². The van der Waals surface area contributed by atoms with Crippen molar-refractivity contribution in [2.24, 2.45) is 0 Å². The first-order chi connectivity index (χ1) is 14.9. The van der Waals surface area contributed by atoms with Crippen LogP contribution in [0.4, 0.5) is 8.78 Å². The average Bonchev–Trinajstić information content (AvgIpc) is 2.79. The highest BCUT2D eigenvalue weighted by molar-refractivity contribution is 5.81. The predicted octanol–water partition coefficient (Wildman–Crippen LogP) is 2.54. The smallest absolute Gasteiger partial charge is 0.329 e. The number of ether oxygens (including phenoxy) is 1. The Bertz CT molecular complexity index is 1320. The number of carbonyl (C=O) groups excluding carboxylic acids is 1. The molecule has 0 fully saturated rings. The van der Waals surface area contributed by atoms with Crippen LogP contribution in [0.15, 0.2) is 52.1 Å². The van der Waals surface area contributed by atoms with Gasteiger partial charge in [0.1, 0.15) is 17.7 Å². The second kappa shape index (κ2) is 8.17. The van der Waals surface area contributed by atoms with Gasteiger partial charge in [-0.1, -0.05) is 18.2 Å². The van der Waals surface area contributed by atoms with E-state index in [4.69, 9.17) is 4.74 Å². The Hall–Kier alpha value is -3.75. The summed E-state index contributed by atoms with van der Waals surface area (Å²) < 4.78 is 33.4. The summed E-state index contributed by atoms with van der Waals surface area (Å²) in [6.45, 7) is 0.145. The number of aromatic nitrogens is 2. The topological polar surface area (TPSA) is 84.4 Å². The van der Waals surface area contributed by atoms with Gasteiger partial charge < -0.3 is 14.6 Å². The summed E-state index contributed by atoms with van der Waals surface area (Å²) in [7, 11) is 1.58. The number of hydrogen-bond acceptors (Lipinski definition) is 4. The third-order valence-corrected chi connectivity index (χ3v) is 5.30. The van der Waals surface area contributed by atoms with Crippen LogP contribution >= 0.6 is 0 Å². The summed E-state index contributed by atoms with van der Waals surface area (Å²) in [5.41, 5.74) is -0.182. The summed E-state index contributed by atoms with van der Waals surface area (Å²) in [6.07, 6.45) is 2.63. The van der Waals surface area contributed by atoms with Crippen LogP contribution in [-0.4, -0.2) is 40.6 Å². The Morgan fingerprint density at radius 3 is 2.61 bits per heavy atom. The molecule has 0 radical (unpaired) electrons. The number of carbonyl (C=O) groups is 1. The normalized spacial score (nSPS) is 13.9. The largest absolute Gasteiger partial charge is 0.497 e. The summed E-state index contributed by atoms with van der Waals surface area (Å²) in [5, 5.41) is -0.593. The van der Waals surface area contributed by atoms with E-state index in [0.717, 1.165) is 23.3 Å². The van der Waals surface area contributed by atoms with E-state index in [0.29, 0.717) is 29.8 Å². The van der Waals surface area contributed by atoms with Crippen molar-refractivity contribution in [1.82, 2.24) is 14.5 Å². The molecule has 3 aromatic rings. The first kappa shape index (κ1) is 20.5. The maximum absolute atomic E-state index is 14.1. The van der Waals surface area contributed by atoms with E-state index >= 15 is 0 Å². The lowest BCUT2D eigenvalue weighted by atomic mass is 10.0. The quantitative estimate of drug-likeness (QED) is 0.691. The predicted molar refractivity (Wildman–Crippen MR) is 113 cm³/mol. The number of rotatable bonds is 4. The molecule has 1 amide bonds. The highest BCUT2D eigenvalue weighted by Crippen LogP contribution is 2.23. The molecule has 1 aliphatic heterocycles. The van der Waals surface area contributed by atoms with Crippen molar-refractivity contribution >= 4 is 22.4 Å². The maximum atomic E-state index is 14.1. The van der Waals surface area contributed by atoms with E-state index in [9.17, 15) is 23.2 Å². The first-order valence-corrected chi connectivity index (χ1v) is 9.61. The van der Waals surface area contributed by atoms with Gasteiger partial charge in [-0.3, -0.25) is 14.2 Å². The van der Waals surface area contributed by atoms with Crippen LogP contribution in [0.25, 0.3) is 16.5 Å². The van der Waals surface area contributed by atoms with Crippen LogP contribution < -0.4 is 16.0 Å². The van der Waals surface area contributed by atoms with E-state index in [-0.39, 0.29) is 6.94 Å². The number of fused-ring (bicyclic) bond motifs is 1. The summed E-state index contributed by atoms with van der Waals surface area (Å²) >= 11 is 0. The molecule has 1 aromatic heterocycles. The molecule has 1 aliphatic rings. The van der Waals surface area contributed by atoms with Crippen molar-refractivity contribution in [3.05, 3.63) is 80.5 Å². The Morgan fingerprint density at radius 2 is 1.90 bits per heavy atom. The molecule has 2 aromatic carbocycles. The molecule has 0 unspecified atom stereocenters. The van der Waals surface area contributed by atoms with Gasteiger partial charge in [-0.2, -0.15) is 0 Å². The number of hydrogen-bond donors (Lipinski definition) is 1. The molecule has 0 atom stereocenters. The van der Waals surface area contributed by atoms with Crippen molar-refractivity contribution in [2.75, 3.05) is 20.2 Å². The highest BCUT2D eigenvalue weighted by atomic mass is 19.2. The molecule has 9 heteroatoms. The van der Waals surface area contributed by atoms with E-state index in [1.807, 2.05) is 30.3 Å². The number of nitrogens with one attached hydrogen (secondary N) is 1. The fourth-order valence-electron chi connectivity index (χ4n) is 3.62. The van der Waals surface area contributed by atoms with Crippen LogP contribution in [0.3, 0.4) is 0 Å². The van der Waals surface area contributed by atoms with Crippen molar-refractivity contribution < 1.29 is 19.7 Å². The molecule has 0 saturated heterocycles. The Balaban J connectivity index is 0.00000289. The van der Waals surface area contributed by atoms with Gasteiger partial charge >= 0.3 is 5.69 Å². The van der Waals surface area contributed by atoms with E-state index in [2.05, 4.69) is 4.98 Å². The van der Waals surface area contributed by atoms with E-state index < -0.39 is 40.7 Å². The average molecular weight is 429 g/mol. The molecule has 0 aliphatic carbocycles. The van der Waals surface area contributed by atoms with E-state index in [1.54, 1.807) is 7.11 Å². The molecule has 0 saturated carbocycles. The van der Waals surface area contributed by atoms with Crippen molar-refractivity contribution in [2.45, 2.75) is 13.0 Å². The summed E-state index contributed by atoms with van der Waals surface area (Å²) in [6, 6.07) is 9.34. The SMILES string of the molecule is COc1ccc(C2=CCCN(C(=O)Cn3c(=O)[nH]c4ccc(F)c(F)c4c3=O)C2)cc1.[HH]. The van der Waals surface area contributed by atoms with Crippen molar-refractivity contribution in [3.8, 4) is 5.75 Å². The molecular formula is C22H21F2N3O4. The molecule has 7 nitrogen and oxygen atoms in total. The monoisotopic (exact) mass is 429 g/mol. The van der Waals surface area contributed by atoms with Crippen molar-refractivity contribution in [3.63, 3.8) is 0 Å². The zero-order chi connectivity index (χ0) is 22.1. The number of halogens is 2. The van der Waals surface area contributed by atoms with E-state index in [1.165, 1.54) is 4.90 Å². The molecule has 1 N–H and O–H groups in total. The fourth-order valence-corrected chi connectivity index (χ4v) is 3.62. The van der Waals surface area contributed by atoms with Crippen LogP contribution in [0.2, 0.25) is 0 Å². The standard InChI is InChI=1S/C22H19F2N3O4.H2/c1-31-15-6-4-13(5-7-15)14-3-2-10-26(11-14)18(28)12-27-21(29)19-17(25-22(27)30)9-8-16(23)20(19)24;/h3-9H,2,10-12H2,1H3,(H,25,30);1H. The number of H-pyrrole nitrogens is 1. The molecule has 0 bridgehead atoms. The first-order valence-electron chi connectivity index (χ1n) is 9.61. The minimum atomic E-state index is -1.36. The van der Waals surface area contributed by atoms with Gasteiger partial charge in [0.15, 0.2) is 11.6 Å². The zero-order valence-corrected chi connectivity index (χ0v) is 16.7. The van der Waals surface area contributed by atoms with Gasteiger partial charge in [0.25, 0.3) is 5.56 Å². The molecule has 162 valence electrons. The number of aromatic amines is 1. The molecule has 0 spiro atoms. The maximum Gasteiger partial charge on any atom is 0.329 e. The van der Waals surface area contributed by atoms with Gasteiger partial charge in [-0.25, -0.2) is 13.6 Å². The second-order valence-corrected chi connectivity index (χ2v) is 7.17. The van der Waals surface area contributed by atoms with Gasteiger partial charge in [0, 0.05) is 14.5 Å². The third-order valence-electron chi connectivity index (χ3n) is 5.30. The van der Waals surface area contributed by atoms with Gasteiger partial charge in [-0.05, 0) is 41.8 Å². The minimum Gasteiger partial charge on any atom is -0.497 e. The zero-order valence-electron chi connectivity index (χ0n) is 16.7. The number of benzene rings is 2. The lowest BCUT2D eigenvalue weighted by Crippen LogP contribution is -2.44. The Labute approximate surface area is 176 Å². The molecule has 4 rings (SSSR count). The van der Waals surface area contributed by atoms with Crippen LogP contribution in [-0.2, 0) is 11.3 Å². The van der Waals surface area contributed by atoms with Crippen molar-refractivity contribution in [1.29, 1.82) is 0 Å². The Kier molecular flexibility index (Phi) is 5.41. The fraction of sp³-hybridized carbons (Fsp3) is 0.227. The molecule has 31 heavy (non-hydrogen) atoms. The number of methoxy groups -OCH3 is 1. The lowest BCUT2D eigenvalue weighted by Gasteiger charge is -2.28.